The van der Waals surface area contributed by atoms with Crippen LogP contribution in [0.4, 0.5) is 0 Å². The highest BCUT2D eigenvalue weighted by atomic mass is 35.5. The first-order chi connectivity index (χ1) is 9.18. The van der Waals surface area contributed by atoms with E-state index in [-0.39, 0.29) is 5.69 Å². The fourth-order valence-electron chi connectivity index (χ4n) is 1.90. The van der Waals surface area contributed by atoms with Crippen molar-refractivity contribution in [3.63, 3.8) is 0 Å². The molecule has 0 fully saturated rings. The number of carboxylic acid groups (broad SMARTS) is 1. The standard InChI is InChI=1S/C13H8ClN3O2/c14-9-5-1-2-6-10(9)17-12-8(4-3-7-15-12)11(16-17)13(18)19/h1-7H,(H,18,19). The van der Waals surface area contributed by atoms with Crippen molar-refractivity contribution in [1.82, 2.24) is 14.8 Å². The minimum absolute atomic E-state index is 0.0389. The first-order valence-corrected chi connectivity index (χ1v) is 5.88. The largest absolute Gasteiger partial charge is 0.476 e. The summed E-state index contributed by atoms with van der Waals surface area (Å²) in [6.45, 7) is 0. The number of carbonyl (C=O) groups is 1. The van der Waals surface area contributed by atoms with Gasteiger partial charge in [0, 0.05) is 6.20 Å². The van der Waals surface area contributed by atoms with Gasteiger partial charge >= 0.3 is 5.97 Å². The van der Waals surface area contributed by atoms with Crippen LogP contribution in [0.3, 0.4) is 0 Å². The summed E-state index contributed by atoms with van der Waals surface area (Å²) >= 11 is 6.11. The van der Waals surface area contributed by atoms with Gasteiger partial charge < -0.3 is 5.11 Å². The minimum atomic E-state index is -1.09. The fraction of sp³-hybridized carbons (Fsp3) is 0. The maximum Gasteiger partial charge on any atom is 0.357 e. The summed E-state index contributed by atoms with van der Waals surface area (Å²) < 4.78 is 1.45. The molecule has 0 aliphatic rings. The lowest BCUT2D eigenvalue weighted by Gasteiger charge is -2.04. The number of halogens is 1. The van der Waals surface area contributed by atoms with E-state index >= 15 is 0 Å². The zero-order valence-corrected chi connectivity index (χ0v) is 10.4. The minimum Gasteiger partial charge on any atom is -0.476 e. The Hall–Kier alpha value is -2.40. The average Bonchev–Trinajstić information content (AvgIpc) is 2.79. The Labute approximate surface area is 113 Å². The van der Waals surface area contributed by atoms with Gasteiger partial charge in [0.05, 0.1) is 16.1 Å². The highest BCUT2D eigenvalue weighted by molar-refractivity contribution is 6.32. The molecule has 0 unspecified atom stereocenters. The number of carboxylic acids is 1. The molecular weight excluding hydrogens is 266 g/mol. The number of fused-ring (bicyclic) bond motifs is 1. The predicted molar refractivity (Wildman–Crippen MR) is 70.8 cm³/mol. The van der Waals surface area contributed by atoms with E-state index in [0.717, 1.165) is 0 Å². The van der Waals surface area contributed by atoms with E-state index < -0.39 is 5.97 Å². The smallest absolute Gasteiger partial charge is 0.357 e. The van der Waals surface area contributed by atoms with Crippen molar-refractivity contribution in [2.45, 2.75) is 0 Å². The van der Waals surface area contributed by atoms with Gasteiger partial charge in [-0.1, -0.05) is 23.7 Å². The lowest BCUT2D eigenvalue weighted by Crippen LogP contribution is -2.02. The monoisotopic (exact) mass is 273 g/mol. The Balaban J connectivity index is 2.37. The van der Waals surface area contributed by atoms with Crippen LogP contribution in [-0.2, 0) is 0 Å². The fourth-order valence-corrected chi connectivity index (χ4v) is 2.12. The first kappa shape index (κ1) is 11.7. The molecule has 0 aliphatic carbocycles. The lowest BCUT2D eigenvalue weighted by molar-refractivity contribution is 0.0692. The van der Waals surface area contributed by atoms with Gasteiger partial charge in [-0.25, -0.2) is 14.5 Å². The first-order valence-electron chi connectivity index (χ1n) is 5.50. The van der Waals surface area contributed by atoms with Crippen LogP contribution >= 0.6 is 11.6 Å². The number of para-hydroxylation sites is 1. The second-order valence-corrected chi connectivity index (χ2v) is 4.30. The van der Waals surface area contributed by atoms with Crippen LogP contribution in [0.2, 0.25) is 5.02 Å². The van der Waals surface area contributed by atoms with Crippen LogP contribution in [0.1, 0.15) is 10.5 Å². The summed E-state index contributed by atoms with van der Waals surface area (Å²) in [6, 6.07) is 10.4. The summed E-state index contributed by atoms with van der Waals surface area (Å²) in [6.07, 6.45) is 1.59. The van der Waals surface area contributed by atoms with Crippen LogP contribution in [0.5, 0.6) is 0 Å². The lowest BCUT2D eigenvalue weighted by atomic mass is 10.2. The Bertz CT molecular complexity index is 782. The highest BCUT2D eigenvalue weighted by Crippen LogP contribution is 2.24. The zero-order chi connectivity index (χ0) is 13.4. The topological polar surface area (TPSA) is 68.0 Å². The molecule has 5 nitrogen and oxygen atoms in total. The molecule has 0 saturated carbocycles. The third-order valence-electron chi connectivity index (χ3n) is 2.73. The van der Waals surface area contributed by atoms with Crippen molar-refractivity contribution in [3.8, 4) is 5.69 Å². The molecule has 1 aromatic carbocycles. The molecule has 19 heavy (non-hydrogen) atoms. The molecule has 2 heterocycles. The van der Waals surface area contributed by atoms with E-state index in [9.17, 15) is 9.90 Å². The molecule has 3 rings (SSSR count). The zero-order valence-electron chi connectivity index (χ0n) is 9.62. The molecule has 0 atom stereocenters. The summed E-state index contributed by atoms with van der Waals surface area (Å²) in [4.78, 5) is 15.4. The maximum atomic E-state index is 11.2. The molecule has 0 spiro atoms. The van der Waals surface area contributed by atoms with Crippen LogP contribution in [-0.4, -0.2) is 25.8 Å². The Morgan fingerprint density at radius 3 is 2.74 bits per heavy atom. The van der Waals surface area contributed by atoms with Crippen LogP contribution in [0.25, 0.3) is 16.7 Å². The van der Waals surface area contributed by atoms with Crippen molar-refractivity contribution in [1.29, 1.82) is 0 Å². The van der Waals surface area contributed by atoms with Gasteiger partial charge in [-0.2, -0.15) is 5.10 Å². The quantitative estimate of drug-likeness (QED) is 0.779. The van der Waals surface area contributed by atoms with E-state index in [1.165, 1.54) is 4.68 Å². The van der Waals surface area contributed by atoms with E-state index in [4.69, 9.17) is 11.6 Å². The van der Waals surface area contributed by atoms with Gasteiger partial charge in [0.25, 0.3) is 0 Å². The molecule has 0 bridgehead atoms. The van der Waals surface area contributed by atoms with E-state index in [2.05, 4.69) is 10.1 Å². The number of hydrogen-bond acceptors (Lipinski definition) is 3. The average molecular weight is 274 g/mol. The number of aromatic carboxylic acids is 1. The normalized spacial score (nSPS) is 10.8. The van der Waals surface area contributed by atoms with Crippen molar-refractivity contribution >= 4 is 28.6 Å². The predicted octanol–water partition coefficient (Wildman–Crippen LogP) is 2.77. The van der Waals surface area contributed by atoms with Crippen LogP contribution in [0, 0.1) is 0 Å². The van der Waals surface area contributed by atoms with Gasteiger partial charge in [-0.3, -0.25) is 0 Å². The van der Waals surface area contributed by atoms with E-state index in [1.54, 1.807) is 42.6 Å². The van der Waals surface area contributed by atoms with Gasteiger partial charge in [0.2, 0.25) is 0 Å². The Morgan fingerprint density at radius 1 is 1.21 bits per heavy atom. The third-order valence-corrected chi connectivity index (χ3v) is 3.05. The summed E-state index contributed by atoms with van der Waals surface area (Å²) in [5, 5.41) is 14.2. The van der Waals surface area contributed by atoms with Crippen molar-refractivity contribution < 1.29 is 9.90 Å². The van der Waals surface area contributed by atoms with E-state index in [1.807, 2.05) is 0 Å². The molecule has 0 amide bonds. The van der Waals surface area contributed by atoms with Gasteiger partial charge in [-0.15, -0.1) is 0 Å². The summed E-state index contributed by atoms with van der Waals surface area (Å²) in [5.74, 6) is -1.09. The molecule has 0 saturated heterocycles. The number of hydrogen-bond donors (Lipinski definition) is 1. The second kappa shape index (κ2) is 4.37. The maximum absolute atomic E-state index is 11.2. The highest BCUT2D eigenvalue weighted by Gasteiger charge is 2.18. The summed E-state index contributed by atoms with van der Waals surface area (Å²) in [7, 11) is 0. The van der Waals surface area contributed by atoms with E-state index in [0.29, 0.717) is 21.7 Å². The molecular formula is C13H8ClN3O2. The third kappa shape index (κ3) is 1.84. The molecule has 0 aliphatic heterocycles. The number of nitrogens with zero attached hydrogens (tertiary/aromatic N) is 3. The summed E-state index contributed by atoms with van der Waals surface area (Å²) in [5.41, 5.74) is 1.02. The SMILES string of the molecule is O=C(O)c1nn(-c2ccccc2Cl)c2ncccc12. The van der Waals surface area contributed by atoms with Crippen molar-refractivity contribution in [3.05, 3.63) is 53.3 Å². The molecule has 6 heteroatoms. The van der Waals surface area contributed by atoms with Gasteiger partial charge in [0.15, 0.2) is 11.3 Å². The molecule has 94 valence electrons. The Morgan fingerprint density at radius 2 is 2.00 bits per heavy atom. The van der Waals surface area contributed by atoms with Crippen LogP contribution < -0.4 is 0 Å². The molecule has 0 radical (unpaired) electrons. The molecule has 2 aromatic heterocycles. The van der Waals surface area contributed by atoms with Gasteiger partial charge in [0.1, 0.15) is 0 Å². The number of benzene rings is 1. The Kier molecular flexibility index (Phi) is 2.68. The van der Waals surface area contributed by atoms with Gasteiger partial charge in [-0.05, 0) is 24.3 Å². The second-order valence-electron chi connectivity index (χ2n) is 3.89. The van der Waals surface area contributed by atoms with Crippen LogP contribution in [0.15, 0.2) is 42.6 Å². The molecule has 1 N–H and O–H groups in total. The molecule has 3 aromatic rings. The number of rotatable bonds is 2. The number of aromatic nitrogens is 3. The number of pyridine rings is 1. The van der Waals surface area contributed by atoms with Crippen molar-refractivity contribution in [2.24, 2.45) is 0 Å². The van der Waals surface area contributed by atoms with Crippen molar-refractivity contribution in [2.75, 3.05) is 0 Å².